The molecule has 0 bridgehead atoms. The molecule has 2 atom stereocenters. The SMILES string of the molecule is Cc1sc(C(=O)CCc2ccc(CCCN)cc2)c2c1[C@H]1[C@@H](C2)C1(C)C. The largest absolute Gasteiger partial charge is 0.330 e. The lowest BCUT2D eigenvalue weighted by molar-refractivity contribution is 0.0986. The van der Waals surface area contributed by atoms with Gasteiger partial charge in [0.05, 0.1) is 4.88 Å². The predicted molar refractivity (Wildman–Crippen MR) is 109 cm³/mol. The van der Waals surface area contributed by atoms with Crippen LogP contribution in [0.15, 0.2) is 24.3 Å². The summed E-state index contributed by atoms with van der Waals surface area (Å²) in [6.07, 6.45) is 4.63. The van der Waals surface area contributed by atoms with Crippen molar-refractivity contribution in [3.63, 3.8) is 0 Å². The zero-order chi connectivity index (χ0) is 18.5. The number of hydrogen-bond acceptors (Lipinski definition) is 3. The van der Waals surface area contributed by atoms with Crippen LogP contribution in [0, 0.1) is 18.3 Å². The maximum absolute atomic E-state index is 12.9. The molecular formula is C23H29NOS. The molecule has 2 aliphatic rings. The minimum Gasteiger partial charge on any atom is -0.330 e. The highest BCUT2D eigenvalue weighted by Gasteiger charge is 2.63. The minimum absolute atomic E-state index is 0.339. The first-order chi connectivity index (χ1) is 12.4. The zero-order valence-corrected chi connectivity index (χ0v) is 16.9. The lowest BCUT2D eigenvalue weighted by atomic mass is 9.94. The van der Waals surface area contributed by atoms with E-state index in [-0.39, 0.29) is 0 Å². The third-order valence-corrected chi connectivity index (χ3v) is 7.81. The van der Waals surface area contributed by atoms with Crippen LogP contribution in [0.2, 0.25) is 0 Å². The van der Waals surface area contributed by atoms with E-state index in [0.717, 1.165) is 43.0 Å². The number of carbonyl (C=O) groups is 1. The minimum atomic E-state index is 0.339. The quantitative estimate of drug-likeness (QED) is 0.695. The molecule has 0 radical (unpaired) electrons. The monoisotopic (exact) mass is 367 g/mol. The van der Waals surface area contributed by atoms with E-state index in [1.807, 2.05) is 0 Å². The van der Waals surface area contributed by atoms with Crippen LogP contribution >= 0.6 is 11.3 Å². The molecule has 1 aromatic heterocycles. The number of rotatable bonds is 7. The molecule has 4 rings (SSSR count). The highest BCUT2D eigenvalue weighted by Crippen LogP contribution is 2.71. The van der Waals surface area contributed by atoms with E-state index in [1.54, 1.807) is 11.3 Å². The van der Waals surface area contributed by atoms with Crippen molar-refractivity contribution in [2.45, 2.75) is 58.8 Å². The maximum atomic E-state index is 12.9. The molecule has 0 unspecified atom stereocenters. The Morgan fingerprint density at radius 1 is 1.19 bits per heavy atom. The Balaban J connectivity index is 1.41. The van der Waals surface area contributed by atoms with Crippen LogP contribution in [0.5, 0.6) is 0 Å². The number of aryl methyl sites for hydroxylation is 3. The van der Waals surface area contributed by atoms with Gasteiger partial charge >= 0.3 is 0 Å². The first kappa shape index (κ1) is 17.9. The Labute approximate surface area is 160 Å². The normalized spacial score (nSPS) is 22.2. The first-order valence-corrected chi connectivity index (χ1v) is 10.7. The van der Waals surface area contributed by atoms with E-state index in [1.165, 1.54) is 27.1 Å². The lowest BCUT2D eigenvalue weighted by Crippen LogP contribution is -2.05. The number of carbonyl (C=O) groups excluding carboxylic acids is 1. The molecule has 2 N–H and O–H groups in total. The van der Waals surface area contributed by atoms with Gasteiger partial charge in [-0.3, -0.25) is 4.79 Å². The Bertz CT molecular complexity index is 831. The fourth-order valence-electron chi connectivity index (χ4n) is 4.91. The second-order valence-corrected chi connectivity index (χ2v) is 9.85. The van der Waals surface area contributed by atoms with Gasteiger partial charge in [-0.25, -0.2) is 0 Å². The number of ketones is 1. The fraction of sp³-hybridized carbons (Fsp3) is 0.522. The number of fused-ring (bicyclic) bond motifs is 3. The van der Waals surface area contributed by atoms with Crippen LogP contribution in [-0.2, 0) is 19.3 Å². The van der Waals surface area contributed by atoms with E-state index in [2.05, 4.69) is 45.0 Å². The van der Waals surface area contributed by atoms with Crippen molar-refractivity contribution in [1.29, 1.82) is 0 Å². The molecule has 2 nitrogen and oxygen atoms in total. The highest BCUT2D eigenvalue weighted by molar-refractivity contribution is 7.14. The average Bonchev–Trinajstić information content (AvgIpc) is 2.97. The molecule has 1 fully saturated rings. The van der Waals surface area contributed by atoms with Gasteiger partial charge in [0, 0.05) is 11.3 Å². The second-order valence-electron chi connectivity index (χ2n) is 8.62. The van der Waals surface area contributed by atoms with Crippen molar-refractivity contribution < 1.29 is 4.79 Å². The maximum Gasteiger partial charge on any atom is 0.173 e. The summed E-state index contributed by atoms with van der Waals surface area (Å²) >= 11 is 1.74. The van der Waals surface area contributed by atoms with E-state index in [9.17, 15) is 4.79 Å². The molecule has 26 heavy (non-hydrogen) atoms. The van der Waals surface area contributed by atoms with Crippen LogP contribution in [0.3, 0.4) is 0 Å². The second kappa shape index (κ2) is 6.61. The van der Waals surface area contributed by atoms with E-state index >= 15 is 0 Å². The van der Waals surface area contributed by atoms with Gasteiger partial charge in [0.15, 0.2) is 5.78 Å². The molecule has 1 saturated carbocycles. The number of Topliss-reactive ketones (excluding diaryl/α,β-unsaturated/α-hetero) is 1. The number of thiophene rings is 1. The Morgan fingerprint density at radius 2 is 1.85 bits per heavy atom. The summed E-state index contributed by atoms with van der Waals surface area (Å²) in [5.41, 5.74) is 11.5. The van der Waals surface area contributed by atoms with Gasteiger partial charge in [-0.15, -0.1) is 11.3 Å². The van der Waals surface area contributed by atoms with Crippen molar-refractivity contribution in [3.05, 3.63) is 56.3 Å². The van der Waals surface area contributed by atoms with Gasteiger partial charge in [0.1, 0.15) is 0 Å². The molecule has 0 aliphatic heterocycles. The third kappa shape index (κ3) is 2.95. The molecule has 138 valence electrons. The molecule has 0 spiro atoms. The van der Waals surface area contributed by atoms with E-state index in [4.69, 9.17) is 5.73 Å². The number of nitrogens with two attached hydrogens (primary N) is 1. The van der Waals surface area contributed by atoms with E-state index in [0.29, 0.717) is 23.5 Å². The fourth-order valence-corrected chi connectivity index (χ4v) is 6.11. The van der Waals surface area contributed by atoms with Crippen molar-refractivity contribution in [2.75, 3.05) is 6.54 Å². The van der Waals surface area contributed by atoms with Crippen LogP contribution in [0.1, 0.15) is 69.4 Å². The van der Waals surface area contributed by atoms with E-state index < -0.39 is 0 Å². The zero-order valence-electron chi connectivity index (χ0n) is 16.1. The average molecular weight is 368 g/mol. The van der Waals surface area contributed by atoms with Crippen LogP contribution in [0.25, 0.3) is 0 Å². The molecule has 1 heterocycles. The van der Waals surface area contributed by atoms with Crippen molar-refractivity contribution >= 4 is 17.1 Å². The smallest absolute Gasteiger partial charge is 0.173 e. The molecular weight excluding hydrogens is 338 g/mol. The first-order valence-electron chi connectivity index (χ1n) is 9.86. The summed E-state index contributed by atoms with van der Waals surface area (Å²) in [4.78, 5) is 15.3. The summed E-state index contributed by atoms with van der Waals surface area (Å²) in [6.45, 7) is 7.69. The third-order valence-electron chi connectivity index (χ3n) is 6.61. The van der Waals surface area contributed by atoms with Gasteiger partial charge in [0.2, 0.25) is 0 Å². The summed E-state index contributed by atoms with van der Waals surface area (Å²) in [5.74, 6) is 1.81. The van der Waals surface area contributed by atoms with Crippen molar-refractivity contribution in [3.8, 4) is 0 Å². The molecule has 2 aromatic rings. The Hall–Kier alpha value is -1.45. The molecule has 3 heteroatoms. The van der Waals surface area contributed by atoms with Gasteiger partial charge in [0.25, 0.3) is 0 Å². The van der Waals surface area contributed by atoms with Crippen LogP contribution in [-0.4, -0.2) is 12.3 Å². The number of benzene rings is 1. The standard InChI is InChI=1S/C23H29NOS/c1-14-20-17(13-18-21(20)23(18,2)3)22(26-14)19(25)11-10-16-8-6-15(7-9-16)5-4-12-24/h6-9,18,21H,4-5,10-13,24H2,1-3H3/t18-,21-/m1/s1. The lowest BCUT2D eigenvalue weighted by Gasteiger charge is -2.10. The van der Waals surface area contributed by atoms with Crippen molar-refractivity contribution in [1.82, 2.24) is 0 Å². The van der Waals surface area contributed by atoms with Crippen LogP contribution in [0.4, 0.5) is 0 Å². The summed E-state index contributed by atoms with van der Waals surface area (Å²) in [6, 6.07) is 8.69. The highest BCUT2D eigenvalue weighted by atomic mass is 32.1. The van der Waals surface area contributed by atoms with Gasteiger partial charge in [-0.2, -0.15) is 0 Å². The summed E-state index contributed by atoms with van der Waals surface area (Å²) in [7, 11) is 0. The summed E-state index contributed by atoms with van der Waals surface area (Å²) < 4.78 is 0. The molecule has 2 aliphatic carbocycles. The van der Waals surface area contributed by atoms with Gasteiger partial charge in [-0.1, -0.05) is 38.1 Å². The Morgan fingerprint density at radius 3 is 2.50 bits per heavy atom. The Kier molecular flexibility index (Phi) is 4.56. The molecule has 0 saturated heterocycles. The predicted octanol–water partition coefficient (Wildman–Crippen LogP) is 5.06. The topological polar surface area (TPSA) is 43.1 Å². The summed E-state index contributed by atoms with van der Waals surface area (Å²) in [5, 5.41) is 0. The molecule has 0 amide bonds. The number of hydrogen-bond donors (Lipinski definition) is 1. The van der Waals surface area contributed by atoms with Crippen molar-refractivity contribution in [2.24, 2.45) is 17.1 Å². The van der Waals surface area contributed by atoms with Gasteiger partial charge < -0.3 is 5.73 Å². The van der Waals surface area contributed by atoms with Crippen LogP contribution < -0.4 is 5.73 Å². The van der Waals surface area contributed by atoms with Gasteiger partial charge in [-0.05, 0) is 78.7 Å². The molecule has 1 aromatic carbocycles.